The van der Waals surface area contributed by atoms with E-state index in [-0.39, 0.29) is 17.8 Å². The monoisotopic (exact) mass is 286 g/mol. The zero-order chi connectivity index (χ0) is 11.5. The molecule has 0 saturated carbocycles. The van der Waals surface area contributed by atoms with Crippen LogP contribution in [0.4, 0.5) is 10.1 Å². The number of amides is 1. The second kappa shape index (κ2) is 4.93. The number of benzene rings is 1. The van der Waals surface area contributed by atoms with Crippen LogP contribution in [0.3, 0.4) is 0 Å². The Labute approximate surface area is 102 Å². The van der Waals surface area contributed by atoms with E-state index in [1.165, 1.54) is 12.1 Å². The summed E-state index contributed by atoms with van der Waals surface area (Å²) in [6, 6.07) is 4.07. The number of anilines is 1. The van der Waals surface area contributed by atoms with Crippen molar-refractivity contribution in [1.82, 2.24) is 5.32 Å². The highest BCUT2D eigenvalue weighted by Crippen LogP contribution is 2.23. The number of hydrogen-bond acceptors (Lipinski definition) is 2. The maximum absolute atomic E-state index is 12.8. The minimum atomic E-state index is -0.330. The maximum Gasteiger partial charge on any atom is 0.241 e. The number of hydrogen-bond donors (Lipinski definition) is 2. The molecule has 0 bridgehead atoms. The molecule has 2 N–H and O–H groups in total. The van der Waals surface area contributed by atoms with Crippen LogP contribution in [0.25, 0.3) is 0 Å². The van der Waals surface area contributed by atoms with E-state index in [0.29, 0.717) is 10.2 Å². The summed E-state index contributed by atoms with van der Waals surface area (Å²) < 4.78 is 13.4. The zero-order valence-electron chi connectivity index (χ0n) is 8.59. The van der Waals surface area contributed by atoms with Crippen molar-refractivity contribution in [3.05, 3.63) is 28.5 Å². The largest absolute Gasteiger partial charge is 0.324 e. The third-order valence-electron chi connectivity index (χ3n) is 2.57. The van der Waals surface area contributed by atoms with Gasteiger partial charge < -0.3 is 10.6 Å². The van der Waals surface area contributed by atoms with Crippen molar-refractivity contribution in [2.45, 2.75) is 18.9 Å². The van der Waals surface area contributed by atoms with Crippen LogP contribution in [0.1, 0.15) is 12.8 Å². The Morgan fingerprint density at radius 3 is 3.00 bits per heavy atom. The molecule has 86 valence electrons. The van der Waals surface area contributed by atoms with Gasteiger partial charge in [-0.05, 0) is 53.5 Å². The lowest BCUT2D eigenvalue weighted by molar-refractivity contribution is -0.117. The van der Waals surface area contributed by atoms with Crippen LogP contribution in [-0.2, 0) is 4.79 Å². The Balaban J connectivity index is 2.05. The van der Waals surface area contributed by atoms with Gasteiger partial charge in [-0.15, -0.1) is 0 Å². The summed E-state index contributed by atoms with van der Waals surface area (Å²) >= 11 is 3.21. The molecule has 1 aliphatic rings. The van der Waals surface area contributed by atoms with Crippen molar-refractivity contribution in [1.29, 1.82) is 0 Å². The van der Waals surface area contributed by atoms with Gasteiger partial charge in [0.05, 0.1) is 11.7 Å². The van der Waals surface area contributed by atoms with Crippen molar-refractivity contribution < 1.29 is 9.18 Å². The molecule has 16 heavy (non-hydrogen) atoms. The number of rotatable bonds is 2. The number of carbonyl (C=O) groups is 1. The van der Waals surface area contributed by atoms with E-state index in [1.807, 2.05) is 0 Å². The molecule has 1 unspecified atom stereocenters. The number of carbonyl (C=O) groups excluding carboxylic acids is 1. The van der Waals surface area contributed by atoms with Crippen LogP contribution in [0, 0.1) is 5.82 Å². The quantitative estimate of drug-likeness (QED) is 0.876. The van der Waals surface area contributed by atoms with E-state index in [0.717, 1.165) is 19.4 Å². The molecule has 1 saturated heterocycles. The molecular formula is C11H12BrFN2O. The predicted octanol–water partition coefficient (Wildman–Crippen LogP) is 2.28. The summed E-state index contributed by atoms with van der Waals surface area (Å²) in [6.07, 6.45) is 1.87. The summed E-state index contributed by atoms with van der Waals surface area (Å²) in [4.78, 5) is 11.8. The van der Waals surface area contributed by atoms with Crippen LogP contribution in [0.5, 0.6) is 0 Å². The highest BCUT2D eigenvalue weighted by molar-refractivity contribution is 9.10. The number of nitrogens with one attached hydrogen (secondary N) is 2. The molecule has 1 fully saturated rings. The number of halogens is 2. The first kappa shape index (κ1) is 11.5. The lowest BCUT2D eigenvalue weighted by Gasteiger charge is -2.12. The molecule has 1 aliphatic heterocycles. The SMILES string of the molecule is O=C(Nc1ccc(F)cc1Br)C1CCCN1. The van der Waals surface area contributed by atoms with Gasteiger partial charge >= 0.3 is 0 Å². The van der Waals surface area contributed by atoms with Crippen LogP contribution < -0.4 is 10.6 Å². The molecule has 5 heteroatoms. The van der Waals surface area contributed by atoms with E-state index in [4.69, 9.17) is 0 Å². The first-order valence-electron chi connectivity index (χ1n) is 5.16. The molecule has 1 amide bonds. The molecule has 2 rings (SSSR count). The molecule has 1 heterocycles. The van der Waals surface area contributed by atoms with Gasteiger partial charge in [0.25, 0.3) is 0 Å². The van der Waals surface area contributed by atoms with E-state index in [1.54, 1.807) is 6.07 Å². The molecule has 0 aliphatic carbocycles. The molecular weight excluding hydrogens is 275 g/mol. The lowest BCUT2D eigenvalue weighted by atomic mass is 10.2. The average molecular weight is 287 g/mol. The maximum atomic E-state index is 12.8. The Morgan fingerprint density at radius 1 is 1.56 bits per heavy atom. The van der Waals surface area contributed by atoms with Gasteiger partial charge in [-0.25, -0.2) is 4.39 Å². The Hall–Kier alpha value is -0.940. The molecule has 3 nitrogen and oxygen atoms in total. The second-order valence-electron chi connectivity index (χ2n) is 3.76. The highest BCUT2D eigenvalue weighted by atomic mass is 79.9. The molecule has 1 aromatic rings. The van der Waals surface area contributed by atoms with Gasteiger partial charge in [0.1, 0.15) is 5.82 Å². The highest BCUT2D eigenvalue weighted by Gasteiger charge is 2.22. The fourth-order valence-electron chi connectivity index (χ4n) is 1.72. The van der Waals surface area contributed by atoms with E-state index in [9.17, 15) is 9.18 Å². The minimum absolute atomic E-state index is 0.0650. The van der Waals surface area contributed by atoms with Crippen LogP contribution in [0.15, 0.2) is 22.7 Å². The van der Waals surface area contributed by atoms with Crippen molar-refractivity contribution >= 4 is 27.5 Å². The molecule has 1 aromatic carbocycles. The van der Waals surface area contributed by atoms with E-state index >= 15 is 0 Å². The predicted molar refractivity (Wildman–Crippen MR) is 63.8 cm³/mol. The van der Waals surface area contributed by atoms with Crippen LogP contribution >= 0.6 is 15.9 Å². The fourth-order valence-corrected chi connectivity index (χ4v) is 2.17. The Kier molecular flexibility index (Phi) is 3.56. The van der Waals surface area contributed by atoms with Gasteiger partial charge in [-0.3, -0.25) is 4.79 Å². The van der Waals surface area contributed by atoms with Gasteiger partial charge in [0, 0.05) is 4.47 Å². The third kappa shape index (κ3) is 2.59. The van der Waals surface area contributed by atoms with Crippen LogP contribution in [-0.4, -0.2) is 18.5 Å². The van der Waals surface area contributed by atoms with Gasteiger partial charge in [0.2, 0.25) is 5.91 Å². The van der Waals surface area contributed by atoms with Crippen molar-refractivity contribution in [3.8, 4) is 0 Å². The third-order valence-corrected chi connectivity index (χ3v) is 3.22. The van der Waals surface area contributed by atoms with Crippen LogP contribution in [0.2, 0.25) is 0 Å². The van der Waals surface area contributed by atoms with Crippen molar-refractivity contribution in [2.75, 3.05) is 11.9 Å². The van der Waals surface area contributed by atoms with E-state index in [2.05, 4.69) is 26.6 Å². The average Bonchev–Trinajstić information content (AvgIpc) is 2.75. The summed E-state index contributed by atoms with van der Waals surface area (Å²) in [5.41, 5.74) is 0.597. The molecule has 0 spiro atoms. The summed E-state index contributed by atoms with van der Waals surface area (Å²) in [5.74, 6) is -0.395. The zero-order valence-corrected chi connectivity index (χ0v) is 10.2. The van der Waals surface area contributed by atoms with Crippen molar-refractivity contribution in [3.63, 3.8) is 0 Å². The standard InChI is InChI=1S/C11H12BrFN2O/c12-8-6-7(13)3-4-9(8)15-11(16)10-2-1-5-14-10/h3-4,6,10,14H,1-2,5H2,(H,15,16). The van der Waals surface area contributed by atoms with Gasteiger partial charge in [-0.2, -0.15) is 0 Å². The molecule has 1 atom stereocenters. The first-order chi connectivity index (χ1) is 7.66. The Bertz CT molecular complexity index is 405. The Morgan fingerprint density at radius 2 is 2.38 bits per heavy atom. The first-order valence-corrected chi connectivity index (χ1v) is 5.95. The summed E-state index contributed by atoms with van der Waals surface area (Å²) in [5, 5.41) is 5.87. The summed E-state index contributed by atoms with van der Waals surface area (Å²) in [6.45, 7) is 0.878. The van der Waals surface area contributed by atoms with E-state index < -0.39 is 0 Å². The van der Waals surface area contributed by atoms with Crippen molar-refractivity contribution in [2.24, 2.45) is 0 Å². The minimum Gasteiger partial charge on any atom is -0.324 e. The lowest BCUT2D eigenvalue weighted by Crippen LogP contribution is -2.35. The molecule has 0 aromatic heterocycles. The fraction of sp³-hybridized carbons (Fsp3) is 0.364. The summed E-state index contributed by atoms with van der Waals surface area (Å²) in [7, 11) is 0. The smallest absolute Gasteiger partial charge is 0.241 e. The van der Waals surface area contributed by atoms with Gasteiger partial charge in [-0.1, -0.05) is 0 Å². The molecule has 0 radical (unpaired) electrons. The topological polar surface area (TPSA) is 41.1 Å². The second-order valence-corrected chi connectivity index (χ2v) is 4.62. The normalized spacial score (nSPS) is 19.8. The van der Waals surface area contributed by atoms with Gasteiger partial charge in [0.15, 0.2) is 0 Å².